The van der Waals surface area contributed by atoms with Crippen molar-refractivity contribution in [2.75, 3.05) is 6.61 Å². The van der Waals surface area contributed by atoms with Gasteiger partial charge in [-0.05, 0) is 11.1 Å². The molecular formula is C29H28Cl3NO6. The monoisotopic (exact) mass is 591 g/mol. The van der Waals surface area contributed by atoms with E-state index in [1.54, 1.807) is 0 Å². The highest BCUT2D eigenvalue weighted by Crippen LogP contribution is 2.38. The molecule has 2 aliphatic heterocycles. The first-order valence-corrected chi connectivity index (χ1v) is 13.6. The number of nitrogens with one attached hydrogen (secondary N) is 1. The molecule has 2 aliphatic rings. The highest BCUT2D eigenvalue weighted by molar-refractivity contribution is 6.76. The molecule has 0 aliphatic carbocycles. The molecule has 2 saturated heterocycles. The number of benzene rings is 3. The van der Waals surface area contributed by atoms with Crippen molar-refractivity contribution in [2.24, 2.45) is 0 Å². The van der Waals surface area contributed by atoms with Crippen LogP contribution in [0, 0.1) is 5.41 Å². The maximum Gasteiger partial charge on any atom is 0.265 e. The van der Waals surface area contributed by atoms with E-state index in [4.69, 9.17) is 68.6 Å². The number of halogens is 3. The third kappa shape index (κ3) is 7.31. The van der Waals surface area contributed by atoms with Crippen LogP contribution in [0.4, 0.5) is 0 Å². The van der Waals surface area contributed by atoms with Crippen LogP contribution >= 0.6 is 34.8 Å². The van der Waals surface area contributed by atoms with Gasteiger partial charge in [0.1, 0.15) is 24.4 Å². The summed E-state index contributed by atoms with van der Waals surface area (Å²) in [5.74, 6) is -0.592. The molecule has 3 aromatic carbocycles. The summed E-state index contributed by atoms with van der Waals surface area (Å²) in [6, 6.07) is 29.1. The van der Waals surface area contributed by atoms with Gasteiger partial charge in [-0.3, -0.25) is 5.41 Å². The van der Waals surface area contributed by atoms with Crippen LogP contribution in [-0.2, 0) is 41.6 Å². The fraction of sp³-hybridized carbons (Fsp3) is 0.345. The zero-order valence-electron chi connectivity index (χ0n) is 20.8. The van der Waals surface area contributed by atoms with Gasteiger partial charge in [-0.25, -0.2) is 0 Å². The lowest BCUT2D eigenvalue weighted by molar-refractivity contribution is -0.363. The number of hydrogen-bond acceptors (Lipinski definition) is 7. The molecule has 2 heterocycles. The fourth-order valence-electron chi connectivity index (χ4n) is 4.50. The highest BCUT2D eigenvalue weighted by Gasteiger charge is 2.53. The van der Waals surface area contributed by atoms with Crippen LogP contribution in [0.2, 0.25) is 0 Å². The van der Waals surface area contributed by atoms with Crippen LogP contribution in [0.3, 0.4) is 0 Å². The molecule has 39 heavy (non-hydrogen) atoms. The van der Waals surface area contributed by atoms with E-state index < -0.39 is 46.7 Å². The maximum atomic E-state index is 8.18. The fourth-order valence-corrected chi connectivity index (χ4v) is 4.64. The largest absolute Gasteiger partial charge is 0.445 e. The van der Waals surface area contributed by atoms with E-state index in [9.17, 15) is 0 Å². The minimum Gasteiger partial charge on any atom is -0.445 e. The van der Waals surface area contributed by atoms with E-state index in [1.807, 2.05) is 91.0 Å². The minimum absolute atomic E-state index is 0.196. The smallest absolute Gasteiger partial charge is 0.265 e. The van der Waals surface area contributed by atoms with Crippen molar-refractivity contribution >= 4 is 40.7 Å². The summed E-state index contributed by atoms with van der Waals surface area (Å²) in [4.78, 5) is 0. The van der Waals surface area contributed by atoms with Crippen LogP contribution in [0.5, 0.6) is 0 Å². The van der Waals surface area contributed by atoms with Gasteiger partial charge in [-0.15, -0.1) is 0 Å². The van der Waals surface area contributed by atoms with Gasteiger partial charge in [0.05, 0.1) is 19.8 Å². The molecule has 1 N–H and O–H groups in total. The van der Waals surface area contributed by atoms with Gasteiger partial charge in [0, 0.05) is 5.56 Å². The van der Waals surface area contributed by atoms with Crippen LogP contribution < -0.4 is 0 Å². The Bertz CT molecular complexity index is 1200. The molecule has 0 unspecified atom stereocenters. The molecule has 6 atom stereocenters. The molecule has 0 radical (unpaired) electrons. The Morgan fingerprint density at radius 3 is 1.87 bits per heavy atom. The van der Waals surface area contributed by atoms with E-state index in [0.29, 0.717) is 0 Å². The SMILES string of the molecule is N=C(O[C@H]1O[C@@H]2CO[C@H](c3ccccc3)O[C@@H]2[C@H](OCc2ccccc2)[C@H]1OCc1ccccc1)C(Cl)(Cl)Cl. The molecule has 0 amide bonds. The Morgan fingerprint density at radius 2 is 1.31 bits per heavy atom. The molecule has 0 saturated carbocycles. The summed E-state index contributed by atoms with van der Waals surface area (Å²) in [5.41, 5.74) is 2.78. The Morgan fingerprint density at radius 1 is 0.769 bits per heavy atom. The van der Waals surface area contributed by atoms with Crippen LogP contribution in [0.15, 0.2) is 91.0 Å². The average Bonchev–Trinajstić information content (AvgIpc) is 2.96. The van der Waals surface area contributed by atoms with Crippen molar-refractivity contribution in [3.8, 4) is 0 Å². The lowest BCUT2D eigenvalue weighted by Crippen LogP contribution is -2.64. The van der Waals surface area contributed by atoms with E-state index in [-0.39, 0.29) is 19.8 Å². The Labute approximate surface area is 242 Å². The van der Waals surface area contributed by atoms with E-state index >= 15 is 0 Å². The number of fused-ring (bicyclic) bond motifs is 1. The summed E-state index contributed by atoms with van der Waals surface area (Å²) in [7, 11) is 0. The number of rotatable bonds is 8. The number of hydrogen-bond donors (Lipinski definition) is 1. The zero-order valence-corrected chi connectivity index (χ0v) is 23.1. The van der Waals surface area contributed by atoms with Crippen LogP contribution in [-0.4, -0.2) is 47.0 Å². The number of ether oxygens (including phenoxy) is 6. The first-order chi connectivity index (χ1) is 18.9. The van der Waals surface area contributed by atoms with Gasteiger partial charge < -0.3 is 28.4 Å². The molecule has 0 spiro atoms. The van der Waals surface area contributed by atoms with Crippen molar-refractivity contribution in [1.82, 2.24) is 0 Å². The topological polar surface area (TPSA) is 79.2 Å². The van der Waals surface area contributed by atoms with Crippen molar-refractivity contribution in [3.63, 3.8) is 0 Å². The lowest BCUT2D eigenvalue weighted by Gasteiger charge is -2.48. The van der Waals surface area contributed by atoms with Crippen molar-refractivity contribution in [3.05, 3.63) is 108 Å². The summed E-state index contributed by atoms with van der Waals surface area (Å²) in [6.07, 6.45) is -4.41. The van der Waals surface area contributed by atoms with Gasteiger partial charge in [0.25, 0.3) is 3.79 Å². The predicted octanol–water partition coefficient (Wildman–Crippen LogP) is 6.36. The molecule has 7 nitrogen and oxygen atoms in total. The molecule has 0 aromatic heterocycles. The van der Waals surface area contributed by atoms with Gasteiger partial charge in [0.2, 0.25) is 12.2 Å². The Hall–Kier alpha value is -2.20. The van der Waals surface area contributed by atoms with Crippen molar-refractivity contribution < 1.29 is 28.4 Å². The summed E-state index contributed by atoms with van der Waals surface area (Å²) >= 11 is 17.8. The standard InChI is InChI=1S/C29H28Cl3NO6/c30-29(31,32)28(33)39-27-25(35-17-20-12-6-2-7-13-20)24(34-16-19-10-4-1-5-11-19)23-22(37-27)18-36-26(38-23)21-14-8-3-9-15-21/h1-15,22-27,33H,16-18H2/t22-,23+,24+,25-,26+,27-/m1/s1. The normalized spacial score (nSPS) is 26.9. The predicted molar refractivity (Wildman–Crippen MR) is 148 cm³/mol. The summed E-state index contributed by atoms with van der Waals surface area (Å²) in [6.45, 7) is 0.716. The second kappa shape index (κ2) is 13.0. The van der Waals surface area contributed by atoms with E-state index in [0.717, 1.165) is 16.7 Å². The third-order valence-electron chi connectivity index (χ3n) is 6.42. The molecule has 3 aromatic rings. The highest BCUT2D eigenvalue weighted by atomic mass is 35.6. The van der Waals surface area contributed by atoms with Gasteiger partial charge in [-0.2, -0.15) is 0 Å². The molecular weight excluding hydrogens is 565 g/mol. The Balaban J connectivity index is 1.44. The van der Waals surface area contributed by atoms with Gasteiger partial charge in [0.15, 0.2) is 6.29 Å². The van der Waals surface area contributed by atoms with Gasteiger partial charge in [-0.1, -0.05) is 126 Å². The Kier molecular flexibility index (Phi) is 9.43. The molecule has 5 rings (SSSR count). The van der Waals surface area contributed by atoms with E-state index in [2.05, 4.69) is 0 Å². The van der Waals surface area contributed by atoms with Gasteiger partial charge >= 0.3 is 0 Å². The quantitative estimate of drug-likeness (QED) is 0.186. The van der Waals surface area contributed by atoms with Crippen molar-refractivity contribution in [2.45, 2.75) is 54.0 Å². The molecule has 206 valence electrons. The minimum atomic E-state index is -2.08. The third-order valence-corrected chi connectivity index (χ3v) is 6.93. The second-order valence-corrected chi connectivity index (χ2v) is 11.5. The summed E-state index contributed by atoms with van der Waals surface area (Å²) < 4.78 is 35.2. The summed E-state index contributed by atoms with van der Waals surface area (Å²) in [5, 5.41) is 8.18. The number of alkyl halides is 3. The van der Waals surface area contributed by atoms with Crippen molar-refractivity contribution in [1.29, 1.82) is 5.41 Å². The first kappa shape index (κ1) is 28.3. The molecule has 10 heteroatoms. The van der Waals surface area contributed by atoms with Crippen LogP contribution in [0.25, 0.3) is 0 Å². The first-order valence-electron chi connectivity index (χ1n) is 12.5. The second-order valence-electron chi connectivity index (χ2n) is 9.19. The zero-order chi connectivity index (χ0) is 27.2. The van der Waals surface area contributed by atoms with E-state index in [1.165, 1.54) is 0 Å². The maximum absolute atomic E-state index is 8.18. The molecule has 2 fully saturated rings. The van der Waals surface area contributed by atoms with Crippen LogP contribution in [0.1, 0.15) is 23.0 Å². The molecule has 0 bridgehead atoms. The lowest BCUT2D eigenvalue weighted by atomic mass is 9.97. The average molecular weight is 593 g/mol.